The molecule has 2 N–H and O–H groups in total. The molecular weight excluding hydrogens is 294 g/mol. The van der Waals surface area contributed by atoms with Crippen molar-refractivity contribution in [2.45, 2.75) is 25.1 Å². The SMILES string of the molecule is CCOCn1cnc2c(SCOC(=O)CCN)ncnc21. The lowest BCUT2D eigenvalue weighted by Crippen LogP contribution is -2.10. The summed E-state index contributed by atoms with van der Waals surface area (Å²) >= 11 is 1.29. The van der Waals surface area contributed by atoms with Crippen molar-refractivity contribution in [1.29, 1.82) is 0 Å². The van der Waals surface area contributed by atoms with Crippen LogP contribution >= 0.6 is 11.8 Å². The maximum atomic E-state index is 11.2. The quantitative estimate of drug-likeness (QED) is 0.330. The van der Waals surface area contributed by atoms with Gasteiger partial charge in [0.05, 0.1) is 12.7 Å². The van der Waals surface area contributed by atoms with Crippen LogP contribution in [0.5, 0.6) is 0 Å². The van der Waals surface area contributed by atoms with Gasteiger partial charge in [-0.1, -0.05) is 11.8 Å². The Hall–Kier alpha value is -1.71. The highest BCUT2D eigenvalue weighted by atomic mass is 32.2. The number of nitrogens with two attached hydrogens (primary N) is 1. The zero-order valence-corrected chi connectivity index (χ0v) is 12.5. The van der Waals surface area contributed by atoms with Crippen LogP contribution in [0, 0.1) is 0 Å². The van der Waals surface area contributed by atoms with E-state index in [1.807, 2.05) is 6.92 Å². The number of nitrogens with zero attached hydrogens (tertiary/aromatic N) is 4. The van der Waals surface area contributed by atoms with Crippen LogP contribution in [0.1, 0.15) is 13.3 Å². The summed E-state index contributed by atoms with van der Waals surface area (Å²) in [6.45, 7) is 3.21. The molecule has 0 spiro atoms. The molecule has 21 heavy (non-hydrogen) atoms. The molecule has 0 amide bonds. The highest BCUT2D eigenvalue weighted by Gasteiger charge is 2.11. The Morgan fingerprint density at radius 3 is 3.05 bits per heavy atom. The fourth-order valence-electron chi connectivity index (χ4n) is 1.59. The van der Waals surface area contributed by atoms with Gasteiger partial charge in [0.1, 0.15) is 29.5 Å². The summed E-state index contributed by atoms with van der Waals surface area (Å²) in [5.41, 5.74) is 6.63. The van der Waals surface area contributed by atoms with Gasteiger partial charge in [-0.15, -0.1) is 0 Å². The van der Waals surface area contributed by atoms with Gasteiger partial charge in [0.15, 0.2) is 5.65 Å². The number of hydrogen-bond donors (Lipinski definition) is 1. The number of rotatable bonds is 8. The Bertz CT molecular complexity index is 604. The van der Waals surface area contributed by atoms with E-state index >= 15 is 0 Å². The Morgan fingerprint density at radius 2 is 2.29 bits per heavy atom. The maximum absolute atomic E-state index is 11.2. The van der Waals surface area contributed by atoms with E-state index in [2.05, 4.69) is 15.0 Å². The van der Waals surface area contributed by atoms with E-state index in [1.54, 1.807) is 10.9 Å². The first-order chi connectivity index (χ1) is 10.3. The number of thioether (sulfide) groups is 1. The summed E-state index contributed by atoms with van der Waals surface area (Å²) < 4.78 is 12.2. The molecule has 2 aromatic heterocycles. The zero-order chi connectivity index (χ0) is 15.1. The largest absolute Gasteiger partial charge is 0.454 e. The van der Waals surface area contributed by atoms with Crippen LogP contribution < -0.4 is 5.73 Å². The number of esters is 1. The molecule has 0 aliphatic carbocycles. The third-order valence-corrected chi connectivity index (χ3v) is 3.37. The van der Waals surface area contributed by atoms with Gasteiger partial charge in [0, 0.05) is 13.2 Å². The van der Waals surface area contributed by atoms with Crippen molar-refractivity contribution in [3.05, 3.63) is 12.7 Å². The fourth-order valence-corrected chi connectivity index (χ4v) is 2.29. The van der Waals surface area contributed by atoms with Crippen LogP contribution in [0.25, 0.3) is 11.2 Å². The second-order valence-corrected chi connectivity index (χ2v) is 4.92. The van der Waals surface area contributed by atoms with E-state index in [1.165, 1.54) is 18.1 Å². The third-order valence-electron chi connectivity index (χ3n) is 2.57. The van der Waals surface area contributed by atoms with Crippen molar-refractivity contribution < 1.29 is 14.3 Å². The van der Waals surface area contributed by atoms with Gasteiger partial charge in [-0.3, -0.25) is 9.36 Å². The molecule has 0 saturated carbocycles. The van der Waals surface area contributed by atoms with Gasteiger partial charge in [0.2, 0.25) is 0 Å². The van der Waals surface area contributed by atoms with E-state index in [4.69, 9.17) is 15.2 Å². The highest BCUT2D eigenvalue weighted by molar-refractivity contribution is 7.99. The normalized spacial score (nSPS) is 11.0. The van der Waals surface area contributed by atoms with Gasteiger partial charge >= 0.3 is 5.97 Å². The molecule has 0 saturated heterocycles. The number of aromatic nitrogens is 4. The predicted molar refractivity (Wildman–Crippen MR) is 77.4 cm³/mol. The van der Waals surface area contributed by atoms with Gasteiger partial charge in [-0.05, 0) is 6.92 Å². The molecule has 0 radical (unpaired) electrons. The Labute approximate surface area is 126 Å². The first kappa shape index (κ1) is 15.7. The summed E-state index contributed by atoms with van der Waals surface area (Å²) in [5.74, 6) is -0.152. The molecule has 2 aromatic rings. The van der Waals surface area contributed by atoms with Crippen LogP contribution in [-0.4, -0.2) is 44.6 Å². The number of ether oxygens (including phenoxy) is 2. The van der Waals surface area contributed by atoms with Gasteiger partial charge in [-0.2, -0.15) is 0 Å². The summed E-state index contributed by atoms with van der Waals surface area (Å²) in [7, 11) is 0. The van der Waals surface area contributed by atoms with E-state index < -0.39 is 0 Å². The average Bonchev–Trinajstić information content (AvgIpc) is 2.89. The molecule has 0 aliphatic rings. The summed E-state index contributed by atoms with van der Waals surface area (Å²) in [6.07, 6.45) is 3.32. The molecule has 0 aromatic carbocycles. The zero-order valence-electron chi connectivity index (χ0n) is 11.7. The number of carbonyl (C=O) groups excluding carboxylic acids is 1. The summed E-state index contributed by atoms with van der Waals surface area (Å²) in [5, 5.41) is 0.663. The lowest BCUT2D eigenvalue weighted by molar-refractivity contribution is -0.141. The number of imidazole rings is 1. The monoisotopic (exact) mass is 311 g/mol. The molecule has 2 heterocycles. The lowest BCUT2D eigenvalue weighted by atomic mass is 10.4. The molecule has 0 bridgehead atoms. The molecule has 2 rings (SSSR count). The fraction of sp³-hybridized carbons (Fsp3) is 0.500. The minimum atomic E-state index is -0.322. The van der Waals surface area contributed by atoms with E-state index in [9.17, 15) is 4.79 Å². The van der Waals surface area contributed by atoms with Crippen LogP contribution in [0.15, 0.2) is 17.7 Å². The first-order valence-corrected chi connectivity index (χ1v) is 7.47. The molecule has 8 nitrogen and oxygen atoms in total. The Balaban J connectivity index is 2.03. The number of carbonyl (C=O) groups is 1. The van der Waals surface area contributed by atoms with Crippen LogP contribution in [0.2, 0.25) is 0 Å². The van der Waals surface area contributed by atoms with Crippen molar-refractivity contribution in [1.82, 2.24) is 19.5 Å². The summed E-state index contributed by atoms with van der Waals surface area (Å²) in [4.78, 5) is 23.9. The van der Waals surface area contributed by atoms with E-state index in [-0.39, 0.29) is 24.9 Å². The number of fused-ring (bicyclic) bond motifs is 1. The molecule has 0 unspecified atom stereocenters. The second kappa shape index (κ2) is 7.91. The highest BCUT2D eigenvalue weighted by Crippen LogP contribution is 2.23. The molecule has 114 valence electrons. The van der Waals surface area contributed by atoms with E-state index in [0.29, 0.717) is 29.5 Å². The topological polar surface area (TPSA) is 105 Å². The maximum Gasteiger partial charge on any atom is 0.307 e. The van der Waals surface area contributed by atoms with Crippen LogP contribution in [0.3, 0.4) is 0 Å². The van der Waals surface area contributed by atoms with E-state index in [0.717, 1.165) is 0 Å². The van der Waals surface area contributed by atoms with Crippen molar-refractivity contribution >= 4 is 28.9 Å². The minimum absolute atomic E-state index is 0.170. The molecule has 9 heteroatoms. The van der Waals surface area contributed by atoms with Crippen molar-refractivity contribution in [3.8, 4) is 0 Å². The first-order valence-electron chi connectivity index (χ1n) is 6.48. The molecular formula is C12H17N5O3S. The second-order valence-electron chi connectivity index (χ2n) is 4.00. The van der Waals surface area contributed by atoms with Gasteiger partial charge in [0.25, 0.3) is 0 Å². The van der Waals surface area contributed by atoms with Gasteiger partial charge < -0.3 is 15.2 Å². The number of hydrogen-bond acceptors (Lipinski definition) is 8. The van der Waals surface area contributed by atoms with Gasteiger partial charge in [-0.25, -0.2) is 15.0 Å². The Kier molecular flexibility index (Phi) is 5.90. The van der Waals surface area contributed by atoms with Crippen LogP contribution in [0.4, 0.5) is 0 Å². The third kappa shape index (κ3) is 4.13. The molecule has 0 aliphatic heterocycles. The van der Waals surface area contributed by atoms with Crippen molar-refractivity contribution in [2.24, 2.45) is 5.73 Å². The summed E-state index contributed by atoms with van der Waals surface area (Å²) in [6, 6.07) is 0. The molecule has 0 fully saturated rings. The van der Waals surface area contributed by atoms with Crippen molar-refractivity contribution in [3.63, 3.8) is 0 Å². The smallest absolute Gasteiger partial charge is 0.307 e. The average molecular weight is 311 g/mol. The molecule has 0 atom stereocenters. The standard InChI is InChI=1S/C12H17N5O3S/c1-2-19-7-17-6-16-10-11(17)14-5-15-12(10)21-8-20-9(18)3-4-13/h5-6H,2-4,7-8,13H2,1H3. The van der Waals surface area contributed by atoms with Crippen LogP contribution in [-0.2, 0) is 21.0 Å². The Morgan fingerprint density at radius 1 is 1.43 bits per heavy atom. The van der Waals surface area contributed by atoms with Crippen molar-refractivity contribution in [2.75, 3.05) is 19.1 Å². The lowest BCUT2D eigenvalue weighted by Gasteiger charge is -2.05. The minimum Gasteiger partial charge on any atom is -0.454 e. The predicted octanol–water partition coefficient (Wildman–Crippen LogP) is 0.762.